The topological polar surface area (TPSA) is 28.2 Å². The minimum Gasteiger partial charge on any atom is -0.356 e. The number of hydrogen-bond acceptors (Lipinski definition) is 3. The summed E-state index contributed by atoms with van der Waals surface area (Å²) < 4.78 is 0. The first kappa shape index (κ1) is 12.4. The van der Waals surface area contributed by atoms with Gasteiger partial charge in [0.15, 0.2) is 0 Å². The number of nitrogens with zero attached hydrogens (tertiary/aromatic N) is 2. The third-order valence-corrected chi connectivity index (χ3v) is 3.38. The number of nitrogens with one attached hydrogen (secondary N) is 1. The first-order valence-corrected chi connectivity index (χ1v) is 6.37. The van der Waals surface area contributed by atoms with Crippen LogP contribution in [0.4, 0.5) is 5.82 Å². The van der Waals surface area contributed by atoms with E-state index in [0.717, 1.165) is 31.1 Å². The lowest BCUT2D eigenvalue weighted by Crippen LogP contribution is -2.24. The van der Waals surface area contributed by atoms with E-state index in [1.807, 2.05) is 7.05 Å². The molecule has 3 nitrogen and oxygen atoms in total. The van der Waals surface area contributed by atoms with E-state index in [4.69, 9.17) is 0 Å². The van der Waals surface area contributed by atoms with Crippen molar-refractivity contribution in [3.63, 3.8) is 0 Å². The van der Waals surface area contributed by atoms with E-state index in [2.05, 4.69) is 48.1 Å². The summed E-state index contributed by atoms with van der Waals surface area (Å²) in [6, 6.07) is 4.37. The molecule has 17 heavy (non-hydrogen) atoms. The van der Waals surface area contributed by atoms with Crippen molar-refractivity contribution < 1.29 is 0 Å². The van der Waals surface area contributed by atoms with Gasteiger partial charge in [-0.1, -0.05) is 13.8 Å². The molecular weight excluding hydrogens is 210 g/mol. The van der Waals surface area contributed by atoms with E-state index in [9.17, 15) is 0 Å². The van der Waals surface area contributed by atoms with Gasteiger partial charge in [-0.25, -0.2) is 4.98 Å². The van der Waals surface area contributed by atoms with Crippen molar-refractivity contribution >= 4 is 5.82 Å². The summed E-state index contributed by atoms with van der Waals surface area (Å²) in [6.07, 6.45) is 1.25. The Kier molecular flexibility index (Phi) is 3.38. The standard InChI is InChI=1S/C14H23N3/c1-11-7-12(9-15-4)8-13(16-11)17-6-5-14(2,3)10-17/h7-8,15H,5-6,9-10H2,1-4H3. The minimum atomic E-state index is 0.425. The zero-order valence-corrected chi connectivity index (χ0v) is 11.4. The molecule has 0 bridgehead atoms. The maximum Gasteiger partial charge on any atom is 0.129 e. The number of anilines is 1. The fraction of sp³-hybridized carbons (Fsp3) is 0.643. The number of aryl methyl sites for hydroxylation is 1. The molecule has 0 unspecified atom stereocenters. The summed E-state index contributed by atoms with van der Waals surface area (Å²) in [6.45, 7) is 9.89. The quantitative estimate of drug-likeness (QED) is 0.868. The summed E-state index contributed by atoms with van der Waals surface area (Å²) in [5.41, 5.74) is 2.85. The number of rotatable bonds is 3. The van der Waals surface area contributed by atoms with Gasteiger partial charge < -0.3 is 10.2 Å². The molecule has 0 saturated carbocycles. The monoisotopic (exact) mass is 233 g/mol. The highest BCUT2D eigenvalue weighted by Gasteiger charge is 2.29. The van der Waals surface area contributed by atoms with Gasteiger partial charge in [0.25, 0.3) is 0 Å². The predicted octanol–water partition coefficient (Wildman–Crippen LogP) is 2.35. The molecule has 1 aromatic rings. The number of aromatic nitrogens is 1. The number of pyridine rings is 1. The van der Waals surface area contributed by atoms with E-state index in [-0.39, 0.29) is 0 Å². The van der Waals surface area contributed by atoms with Crippen LogP contribution < -0.4 is 10.2 Å². The van der Waals surface area contributed by atoms with Gasteiger partial charge in [0.05, 0.1) is 0 Å². The van der Waals surface area contributed by atoms with E-state index in [1.54, 1.807) is 0 Å². The third kappa shape index (κ3) is 2.97. The Morgan fingerprint density at radius 1 is 1.41 bits per heavy atom. The third-order valence-electron chi connectivity index (χ3n) is 3.38. The van der Waals surface area contributed by atoms with E-state index < -0.39 is 0 Å². The molecule has 0 amide bonds. The molecule has 1 aliphatic rings. The molecule has 2 rings (SSSR count). The molecule has 0 aromatic carbocycles. The van der Waals surface area contributed by atoms with Gasteiger partial charge in [0, 0.05) is 25.3 Å². The summed E-state index contributed by atoms with van der Waals surface area (Å²) in [5, 5.41) is 3.20. The maximum atomic E-state index is 4.66. The van der Waals surface area contributed by atoms with Gasteiger partial charge >= 0.3 is 0 Å². The van der Waals surface area contributed by atoms with Gasteiger partial charge in [0.2, 0.25) is 0 Å². The van der Waals surface area contributed by atoms with Crippen molar-refractivity contribution in [1.82, 2.24) is 10.3 Å². The molecule has 0 radical (unpaired) electrons. The zero-order chi connectivity index (χ0) is 12.5. The van der Waals surface area contributed by atoms with Crippen LogP contribution in [0.15, 0.2) is 12.1 Å². The van der Waals surface area contributed by atoms with Crippen LogP contribution in [0.5, 0.6) is 0 Å². The summed E-state index contributed by atoms with van der Waals surface area (Å²) in [7, 11) is 1.98. The van der Waals surface area contributed by atoms with Crippen LogP contribution in [-0.2, 0) is 6.54 Å². The molecule has 94 valence electrons. The van der Waals surface area contributed by atoms with Crippen molar-refractivity contribution in [3.05, 3.63) is 23.4 Å². The SMILES string of the molecule is CNCc1cc(C)nc(N2CCC(C)(C)C2)c1. The smallest absolute Gasteiger partial charge is 0.129 e. The highest BCUT2D eigenvalue weighted by atomic mass is 15.2. The summed E-state index contributed by atoms with van der Waals surface area (Å²) in [4.78, 5) is 7.07. The summed E-state index contributed by atoms with van der Waals surface area (Å²) >= 11 is 0. The molecule has 3 heteroatoms. The molecule has 1 aliphatic heterocycles. The lowest BCUT2D eigenvalue weighted by atomic mass is 9.93. The average molecular weight is 233 g/mol. The molecule has 1 aromatic heterocycles. The molecule has 1 saturated heterocycles. The van der Waals surface area contributed by atoms with Crippen LogP contribution in [0.1, 0.15) is 31.5 Å². The highest BCUT2D eigenvalue weighted by molar-refractivity contribution is 5.44. The van der Waals surface area contributed by atoms with Crippen LogP contribution in [0.2, 0.25) is 0 Å². The molecule has 1 N–H and O–H groups in total. The van der Waals surface area contributed by atoms with Gasteiger partial charge in [-0.15, -0.1) is 0 Å². The molecule has 0 atom stereocenters. The number of hydrogen-bond donors (Lipinski definition) is 1. The van der Waals surface area contributed by atoms with Crippen LogP contribution in [0.25, 0.3) is 0 Å². The molecule has 0 aliphatic carbocycles. The Bertz CT molecular complexity index is 398. The summed E-state index contributed by atoms with van der Waals surface area (Å²) in [5.74, 6) is 1.14. The molecule has 1 fully saturated rings. The normalized spacial score (nSPS) is 18.7. The van der Waals surface area contributed by atoms with Crippen molar-refractivity contribution in [1.29, 1.82) is 0 Å². The Labute approximate surface area is 104 Å². The minimum absolute atomic E-state index is 0.425. The first-order chi connectivity index (χ1) is 8.00. The van der Waals surface area contributed by atoms with Crippen molar-refractivity contribution in [2.24, 2.45) is 5.41 Å². The van der Waals surface area contributed by atoms with Crippen LogP contribution in [0.3, 0.4) is 0 Å². The van der Waals surface area contributed by atoms with Gasteiger partial charge in [-0.2, -0.15) is 0 Å². The Morgan fingerprint density at radius 2 is 2.18 bits per heavy atom. The second kappa shape index (κ2) is 4.65. The predicted molar refractivity (Wildman–Crippen MR) is 72.3 cm³/mol. The molecule has 2 heterocycles. The van der Waals surface area contributed by atoms with Crippen LogP contribution >= 0.6 is 0 Å². The van der Waals surface area contributed by atoms with E-state index in [0.29, 0.717) is 5.41 Å². The van der Waals surface area contributed by atoms with E-state index >= 15 is 0 Å². The van der Waals surface area contributed by atoms with Crippen LogP contribution in [-0.4, -0.2) is 25.1 Å². The average Bonchev–Trinajstić information content (AvgIpc) is 2.58. The van der Waals surface area contributed by atoms with Gasteiger partial charge in [0.1, 0.15) is 5.82 Å². The fourth-order valence-corrected chi connectivity index (χ4v) is 2.50. The van der Waals surface area contributed by atoms with Crippen molar-refractivity contribution in [2.45, 2.75) is 33.7 Å². The lowest BCUT2D eigenvalue weighted by molar-refractivity contribution is 0.418. The lowest BCUT2D eigenvalue weighted by Gasteiger charge is -2.21. The molecular formula is C14H23N3. The largest absolute Gasteiger partial charge is 0.356 e. The Morgan fingerprint density at radius 3 is 2.76 bits per heavy atom. The van der Waals surface area contributed by atoms with E-state index in [1.165, 1.54) is 12.0 Å². The van der Waals surface area contributed by atoms with Crippen molar-refractivity contribution in [3.8, 4) is 0 Å². The zero-order valence-electron chi connectivity index (χ0n) is 11.4. The second-order valence-corrected chi connectivity index (χ2v) is 5.84. The highest BCUT2D eigenvalue weighted by Crippen LogP contribution is 2.31. The molecule has 0 spiro atoms. The Hall–Kier alpha value is -1.09. The van der Waals surface area contributed by atoms with Crippen molar-refractivity contribution in [2.75, 3.05) is 25.0 Å². The van der Waals surface area contributed by atoms with Gasteiger partial charge in [-0.05, 0) is 43.5 Å². The maximum absolute atomic E-state index is 4.66. The van der Waals surface area contributed by atoms with Gasteiger partial charge in [-0.3, -0.25) is 0 Å². The van der Waals surface area contributed by atoms with Crippen LogP contribution in [0, 0.1) is 12.3 Å². The first-order valence-electron chi connectivity index (χ1n) is 6.37. The second-order valence-electron chi connectivity index (χ2n) is 5.84. The Balaban J connectivity index is 2.21. The fourth-order valence-electron chi connectivity index (χ4n) is 2.50.